The summed E-state index contributed by atoms with van der Waals surface area (Å²) in [6.07, 6.45) is 1.79. The number of aryl methyl sites for hydroxylation is 2. The summed E-state index contributed by atoms with van der Waals surface area (Å²) < 4.78 is 2.58. The number of hydrogen-bond acceptors (Lipinski definition) is 4. The summed E-state index contributed by atoms with van der Waals surface area (Å²) in [4.78, 5) is 18.2. The summed E-state index contributed by atoms with van der Waals surface area (Å²) in [5.41, 5.74) is 2.58. The average Bonchev–Trinajstić information content (AvgIpc) is 2.84. The van der Waals surface area contributed by atoms with Crippen LogP contribution < -0.4 is 0 Å². The van der Waals surface area contributed by atoms with Gasteiger partial charge in [-0.25, -0.2) is 4.98 Å². The molecule has 7 heteroatoms. The minimum Gasteiger partial charge on any atom is -0.336 e. The van der Waals surface area contributed by atoms with Gasteiger partial charge in [-0.15, -0.1) is 11.3 Å². The summed E-state index contributed by atoms with van der Waals surface area (Å²) in [5, 5.41) is 5.05. The monoisotopic (exact) mass is 342 g/mol. The lowest BCUT2D eigenvalue weighted by Crippen LogP contribution is -2.27. The van der Waals surface area contributed by atoms with Gasteiger partial charge in [0.25, 0.3) is 5.91 Å². The fourth-order valence-corrected chi connectivity index (χ4v) is 3.33. The fraction of sp³-hybridized carbons (Fsp3) is 0.417. The maximum absolute atomic E-state index is 12.3. The van der Waals surface area contributed by atoms with E-state index < -0.39 is 0 Å². The molecule has 0 fully saturated rings. The first-order chi connectivity index (χ1) is 8.90. The minimum atomic E-state index is -0.0838. The van der Waals surface area contributed by atoms with Gasteiger partial charge in [0, 0.05) is 31.9 Å². The second kappa shape index (κ2) is 5.42. The van der Waals surface area contributed by atoms with Gasteiger partial charge in [-0.1, -0.05) is 0 Å². The molecule has 0 aliphatic rings. The molecule has 0 saturated heterocycles. The number of nitrogens with zero attached hydrogens (tertiary/aromatic N) is 4. The summed E-state index contributed by atoms with van der Waals surface area (Å²) in [6.45, 7) is 4.41. The van der Waals surface area contributed by atoms with Crippen LogP contribution in [-0.4, -0.2) is 32.6 Å². The van der Waals surface area contributed by atoms with Crippen LogP contribution in [0.5, 0.6) is 0 Å². The Labute approximate surface area is 124 Å². The highest BCUT2D eigenvalue weighted by atomic mass is 79.9. The Morgan fingerprint density at radius 1 is 1.53 bits per heavy atom. The highest BCUT2D eigenvalue weighted by Crippen LogP contribution is 2.25. The zero-order valence-electron chi connectivity index (χ0n) is 11.3. The number of thiazole rings is 1. The van der Waals surface area contributed by atoms with E-state index in [1.165, 1.54) is 11.3 Å². The van der Waals surface area contributed by atoms with Gasteiger partial charge in [-0.3, -0.25) is 9.48 Å². The largest absolute Gasteiger partial charge is 0.336 e. The third-order valence-corrected chi connectivity index (χ3v) is 4.61. The van der Waals surface area contributed by atoms with E-state index in [1.54, 1.807) is 22.8 Å². The highest BCUT2D eigenvalue weighted by Gasteiger charge is 2.20. The smallest absolute Gasteiger partial charge is 0.274 e. The van der Waals surface area contributed by atoms with Gasteiger partial charge in [0.1, 0.15) is 3.79 Å². The standard InChI is InChI=1S/C12H15BrN4OS/c1-7-9(5-14-17(7)4)6-16(3)12(18)10-11(13)19-8(2)15-10/h5H,6H2,1-4H3. The Balaban J connectivity index is 2.16. The molecule has 0 aliphatic heterocycles. The molecule has 2 heterocycles. The molecule has 0 aliphatic carbocycles. The van der Waals surface area contributed by atoms with Crippen LogP contribution in [0.2, 0.25) is 0 Å². The van der Waals surface area contributed by atoms with E-state index in [-0.39, 0.29) is 5.91 Å². The molecule has 0 N–H and O–H groups in total. The van der Waals surface area contributed by atoms with E-state index in [2.05, 4.69) is 26.0 Å². The normalized spacial score (nSPS) is 10.8. The summed E-state index contributed by atoms with van der Waals surface area (Å²) in [6, 6.07) is 0. The number of halogens is 1. The van der Waals surface area contributed by atoms with E-state index in [9.17, 15) is 4.79 Å². The Morgan fingerprint density at radius 3 is 2.68 bits per heavy atom. The first kappa shape index (κ1) is 14.2. The molecule has 2 rings (SSSR count). The summed E-state index contributed by atoms with van der Waals surface area (Å²) in [5.74, 6) is -0.0838. The van der Waals surface area contributed by atoms with E-state index in [0.717, 1.165) is 20.1 Å². The van der Waals surface area contributed by atoms with Crippen molar-refractivity contribution in [2.45, 2.75) is 20.4 Å². The lowest BCUT2D eigenvalue weighted by Gasteiger charge is -2.15. The molecule has 19 heavy (non-hydrogen) atoms. The predicted molar refractivity (Wildman–Crippen MR) is 78.3 cm³/mol. The molecule has 2 aromatic rings. The Hall–Kier alpha value is -1.21. The first-order valence-corrected chi connectivity index (χ1v) is 7.37. The average molecular weight is 343 g/mol. The number of rotatable bonds is 3. The van der Waals surface area contributed by atoms with Crippen LogP contribution >= 0.6 is 27.3 Å². The molecular weight excluding hydrogens is 328 g/mol. The van der Waals surface area contributed by atoms with Crippen LogP contribution in [0.3, 0.4) is 0 Å². The van der Waals surface area contributed by atoms with E-state index in [0.29, 0.717) is 12.2 Å². The molecular formula is C12H15BrN4OS. The topological polar surface area (TPSA) is 51.0 Å². The van der Waals surface area contributed by atoms with Crippen LogP contribution in [0.4, 0.5) is 0 Å². The Bertz CT molecular complexity index is 619. The summed E-state index contributed by atoms with van der Waals surface area (Å²) >= 11 is 4.85. The van der Waals surface area contributed by atoms with Crippen molar-refractivity contribution < 1.29 is 4.79 Å². The predicted octanol–water partition coefficient (Wildman–Crippen LogP) is 2.53. The molecule has 0 unspecified atom stereocenters. The number of carbonyl (C=O) groups is 1. The molecule has 1 amide bonds. The Kier molecular flexibility index (Phi) is 4.05. The fourth-order valence-electron chi connectivity index (χ4n) is 1.74. The quantitative estimate of drug-likeness (QED) is 0.861. The highest BCUT2D eigenvalue weighted by molar-refractivity contribution is 9.11. The zero-order chi connectivity index (χ0) is 14.2. The molecule has 0 radical (unpaired) electrons. The molecule has 0 aromatic carbocycles. The molecule has 2 aromatic heterocycles. The van der Waals surface area contributed by atoms with Gasteiger partial charge in [0.05, 0.1) is 11.2 Å². The van der Waals surface area contributed by atoms with Crippen molar-refractivity contribution >= 4 is 33.2 Å². The van der Waals surface area contributed by atoms with E-state index in [4.69, 9.17) is 0 Å². The zero-order valence-corrected chi connectivity index (χ0v) is 13.7. The third-order valence-electron chi connectivity index (χ3n) is 2.99. The van der Waals surface area contributed by atoms with E-state index in [1.807, 2.05) is 20.9 Å². The van der Waals surface area contributed by atoms with Crippen molar-refractivity contribution in [1.82, 2.24) is 19.7 Å². The lowest BCUT2D eigenvalue weighted by atomic mass is 10.2. The third kappa shape index (κ3) is 2.87. The molecule has 0 spiro atoms. The van der Waals surface area contributed by atoms with Crippen molar-refractivity contribution in [3.8, 4) is 0 Å². The van der Waals surface area contributed by atoms with Crippen molar-refractivity contribution in [3.05, 3.63) is 31.9 Å². The van der Waals surface area contributed by atoms with Crippen molar-refractivity contribution in [1.29, 1.82) is 0 Å². The second-order valence-electron chi connectivity index (χ2n) is 4.40. The van der Waals surface area contributed by atoms with Gasteiger partial charge in [-0.2, -0.15) is 5.10 Å². The van der Waals surface area contributed by atoms with Crippen LogP contribution in [0.1, 0.15) is 26.8 Å². The van der Waals surface area contributed by atoms with Gasteiger partial charge < -0.3 is 4.90 Å². The second-order valence-corrected chi connectivity index (χ2v) is 6.92. The van der Waals surface area contributed by atoms with Gasteiger partial charge >= 0.3 is 0 Å². The SMILES string of the molecule is Cc1nc(C(=O)N(C)Cc2cnn(C)c2C)c(Br)s1. The number of amides is 1. The van der Waals surface area contributed by atoms with Crippen molar-refractivity contribution in [2.75, 3.05) is 7.05 Å². The van der Waals surface area contributed by atoms with Crippen molar-refractivity contribution in [2.24, 2.45) is 7.05 Å². The van der Waals surface area contributed by atoms with Crippen molar-refractivity contribution in [3.63, 3.8) is 0 Å². The Morgan fingerprint density at radius 2 is 2.21 bits per heavy atom. The number of aromatic nitrogens is 3. The maximum atomic E-state index is 12.3. The first-order valence-electron chi connectivity index (χ1n) is 5.76. The molecule has 0 bridgehead atoms. The van der Waals surface area contributed by atoms with Crippen LogP contribution in [0.25, 0.3) is 0 Å². The minimum absolute atomic E-state index is 0.0838. The number of carbonyl (C=O) groups excluding carboxylic acids is 1. The molecule has 102 valence electrons. The van der Waals surface area contributed by atoms with Crippen LogP contribution in [0.15, 0.2) is 9.98 Å². The van der Waals surface area contributed by atoms with Gasteiger partial charge in [-0.05, 0) is 29.8 Å². The molecule has 0 saturated carbocycles. The number of hydrogen-bond donors (Lipinski definition) is 0. The molecule has 0 atom stereocenters. The van der Waals surface area contributed by atoms with Crippen LogP contribution in [0, 0.1) is 13.8 Å². The van der Waals surface area contributed by atoms with Crippen LogP contribution in [-0.2, 0) is 13.6 Å². The molecule has 5 nitrogen and oxygen atoms in total. The van der Waals surface area contributed by atoms with Gasteiger partial charge in [0.15, 0.2) is 5.69 Å². The van der Waals surface area contributed by atoms with E-state index >= 15 is 0 Å². The van der Waals surface area contributed by atoms with Gasteiger partial charge in [0.2, 0.25) is 0 Å². The summed E-state index contributed by atoms with van der Waals surface area (Å²) in [7, 11) is 3.66. The lowest BCUT2D eigenvalue weighted by molar-refractivity contribution is 0.0779. The maximum Gasteiger partial charge on any atom is 0.274 e.